The van der Waals surface area contributed by atoms with Crippen molar-refractivity contribution in [2.45, 2.75) is 51.4 Å². The quantitative estimate of drug-likeness (QED) is 0.164. The molecule has 8 heteroatoms. The van der Waals surface area contributed by atoms with Crippen molar-refractivity contribution in [3.05, 3.63) is 95.3 Å². The fourth-order valence-electron chi connectivity index (χ4n) is 5.95. The van der Waals surface area contributed by atoms with Crippen LogP contribution in [0.2, 0.25) is 0 Å². The lowest BCUT2D eigenvalue weighted by molar-refractivity contribution is 0.220. The Morgan fingerprint density at radius 2 is 0.850 bits per heavy atom. The van der Waals surface area contributed by atoms with Crippen molar-refractivity contribution < 1.29 is 0 Å². The van der Waals surface area contributed by atoms with E-state index in [1.54, 1.807) is 0 Å². The van der Waals surface area contributed by atoms with E-state index in [0.29, 0.717) is 11.9 Å². The van der Waals surface area contributed by atoms with E-state index in [1.165, 1.54) is 11.1 Å². The average Bonchev–Trinajstić information content (AvgIpc) is 2.94. The van der Waals surface area contributed by atoms with Gasteiger partial charge in [0.05, 0.1) is 11.4 Å². The second kappa shape index (κ2) is 12.8. The fraction of sp³-hybridized carbons (Fsp3) is 0.375. The third-order valence-corrected chi connectivity index (χ3v) is 7.48. The number of nitrogens with zero attached hydrogens (tertiary/aromatic N) is 4. The van der Waals surface area contributed by atoms with Gasteiger partial charge in [0.2, 0.25) is 11.9 Å². The van der Waals surface area contributed by atoms with Crippen molar-refractivity contribution in [2.24, 2.45) is 0 Å². The van der Waals surface area contributed by atoms with E-state index in [2.05, 4.69) is 122 Å². The maximum atomic E-state index is 5.08. The van der Waals surface area contributed by atoms with E-state index in [4.69, 9.17) is 19.9 Å². The second-order valence-corrected chi connectivity index (χ2v) is 10.0. The Hall–Kier alpha value is -4.20. The zero-order chi connectivity index (χ0) is 27.9. The average molecular weight is 537 g/mol. The predicted octanol–water partition coefficient (Wildman–Crippen LogP) is 6.44. The molecule has 0 aliphatic heterocycles. The highest BCUT2D eigenvalue weighted by molar-refractivity contribution is 5.52. The van der Waals surface area contributed by atoms with Crippen LogP contribution in [0.15, 0.2) is 72.8 Å². The van der Waals surface area contributed by atoms with Gasteiger partial charge in [0.25, 0.3) is 0 Å². The van der Waals surface area contributed by atoms with Crippen LogP contribution in [0.1, 0.15) is 73.9 Å². The largest absolute Gasteiger partial charge is 0.370 e. The topological polar surface area (TPSA) is 99.7 Å². The van der Waals surface area contributed by atoms with Crippen LogP contribution in [0.5, 0.6) is 0 Å². The van der Waals surface area contributed by atoms with Gasteiger partial charge in [-0.3, -0.25) is 0 Å². The lowest BCUT2D eigenvalue weighted by Gasteiger charge is -2.52. The highest BCUT2D eigenvalue weighted by Crippen LogP contribution is 2.66. The highest BCUT2D eigenvalue weighted by atomic mass is 15.2. The molecule has 1 fully saturated rings. The Bertz CT molecular complexity index is 1220. The molecule has 0 saturated heterocycles. The summed E-state index contributed by atoms with van der Waals surface area (Å²) in [7, 11) is 0. The second-order valence-electron chi connectivity index (χ2n) is 10.0. The maximum absolute atomic E-state index is 5.08. The van der Waals surface area contributed by atoms with E-state index in [-0.39, 0.29) is 23.7 Å². The first-order chi connectivity index (χ1) is 19.7. The molecular formula is C32H40N8. The molecular weight excluding hydrogens is 496 g/mol. The molecule has 2 aromatic heterocycles. The Balaban J connectivity index is 1.70. The number of hydrogen-bond acceptors (Lipinski definition) is 8. The molecule has 0 unspecified atom stereocenters. The van der Waals surface area contributed by atoms with Crippen molar-refractivity contribution in [1.82, 2.24) is 19.9 Å². The summed E-state index contributed by atoms with van der Waals surface area (Å²) in [5.74, 6) is 3.61. The first-order valence-electron chi connectivity index (χ1n) is 14.5. The summed E-state index contributed by atoms with van der Waals surface area (Å²) in [6.07, 6.45) is 0. The molecule has 0 spiro atoms. The normalized spacial score (nSPS) is 19.9. The van der Waals surface area contributed by atoms with E-state index >= 15 is 0 Å². The molecule has 40 heavy (non-hydrogen) atoms. The van der Waals surface area contributed by atoms with Crippen LogP contribution in [-0.4, -0.2) is 46.1 Å². The summed E-state index contributed by atoms with van der Waals surface area (Å²) < 4.78 is 0. The molecule has 4 aromatic rings. The van der Waals surface area contributed by atoms with Crippen LogP contribution in [0.25, 0.3) is 0 Å². The molecule has 0 bridgehead atoms. The summed E-state index contributed by atoms with van der Waals surface area (Å²) in [6.45, 7) is 11.4. The molecule has 208 valence electrons. The summed E-state index contributed by atoms with van der Waals surface area (Å²) in [6, 6.07) is 25.9. The lowest BCUT2D eigenvalue weighted by Crippen LogP contribution is -2.41. The van der Waals surface area contributed by atoms with Gasteiger partial charge in [0, 0.05) is 62.0 Å². The highest BCUT2D eigenvalue weighted by Gasteiger charge is 2.54. The predicted molar refractivity (Wildman–Crippen MR) is 165 cm³/mol. The Morgan fingerprint density at radius 1 is 0.475 bits per heavy atom. The van der Waals surface area contributed by atoms with E-state index < -0.39 is 0 Å². The lowest BCUT2D eigenvalue weighted by atomic mass is 9.50. The SMILES string of the molecule is CCNc1cc([C@H]2[C@H](c3ccccc3)[C@H](c3cc(NCC)nc(NCC)n3)[C@H]2c2ccccc2)nc(NCC)n1. The van der Waals surface area contributed by atoms with Gasteiger partial charge in [-0.1, -0.05) is 60.7 Å². The monoisotopic (exact) mass is 536 g/mol. The van der Waals surface area contributed by atoms with Crippen molar-refractivity contribution in [3.8, 4) is 0 Å². The zero-order valence-electron chi connectivity index (χ0n) is 23.9. The maximum Gasteiger partial charge on any atom is 0.224 e. The van der Waals surface area contributed by atoms with Gasteiger partial charge in [-0.05, 0) is 38.8 Å². The molecule has 0 amide bonds. The zero-order valence-corrected chi connectivity index (χ0v) is 23.9. The van der Waals surface area contributed by atoms with Gasteiger partial charge < -0.3 is 21.3 Å². The third-order valence-electron chi connectivity index (χ3n) is 7.48. The molecule has 2 heterocycles. The molecule has 2 aromatic carbocycles. The van der Waals surface area contributed by atoms with Crippen LogP contribution >= 0.6 is 0 Å². The number of nitrogens with one attached hydrogen (secondary N) is 4. The number of rotatable bonds is 12. The van der Waals surface area contributed by atoms with Crippen molar-refractivity contribution in [3.63, 3.8) is 0 Å². The van der Waals surface area contributed by atoms with Gasteiger partial charge in [-0.15, -0.1) is 0 Å². The fourth-order valence-corrected chi connectivity index (χ4v) is 5.95. The molecule has 4 N–H and O–H groups in total. The van der Waals surface area contributed by atoms with Gasteiger partial charge in [0.15, 0.2) is 0 Å². The van der Waals surface area contributed by atoms with Crippen LogP contribution in [0.4, 0.5) is 23.5 Å². The van der Waals surface area contributed by atoms with Gasteiger partial charge in [-0.25, -0.2) is 9.97 Å². The summed E-state index contributed by atoms with van der Waals surface area (Å²) in [5.41, 5.74) is 4.64. The van der Waals surface area contributed by atoms with Crippen LogP contribution in [0.3, 0.4) is 0 Å². The molecule has 1 saturated carbocycles. The molecule has 5 rings (SSSR count). The van der Waals surface area contributed by atoms with Gasteiger partial charge in [0.1, 0.15) is 11.6 Å². The minimum Gasteiger partial charge on any atom is -0.370 e. The van der Waals surface area contributed by atoms with Crippen molar-refractivity contribution in [2.75, 3.05) is 47.4 Å². The van der Waals surface area contributed by atoms with Crippen LogP contribution in [-0.2, 0) is 0 Å². The molecule has 1 aliphatic carbocycles. The third kappa shape index (κ3) is 5.71. The molecule has 0 radical (unpaired) electrons. The van der Waals surface area contributed by atoms with Crippen molar-refractivity contribution >= 4 is 23.5 Å². The first kappa shape index (κ1) is 27.4. The Labute approximate surface area is 237 Å². The molecule has 1 aliphatic rings. The standard InChI is InChI=1S/C32H40N8/c1-5-33-25-19-23(37-31(39-25)35-7-3)29-27(21-15-11-9-12-16-21)30(28(29)22-17-13-10-14-18-22)24-20-26(34-6-2)40-32(38-24)36-8-4/h9-20,27-30H,5-8H2,1-4H3,(H2,33,35,37,39)(H2,34,36,38,40)/t27-,28-,29-,30-. The minimum atomic E-state index is 0.132. The number of anilines is 4. The molecule has 0 atom stereocenters. The summed E-state index contributed by atoms with van der Waals surface area (Å²) >= 11 is 0. The van der Waals surface area contributed by atoms with Crippen LogP contribution < -0.4 is 21.3 Å². The number of aromatic nitrogens is 4. The van der Waals surface area contributed by atoms with E-state index in [0.717, 1.165) is 49.2 Å². The smallest absolute Gasteiger partial charge is 0.224 e. The van der Waals surface area contributed by atoms with E-state index in [9.17, 15) is 0 Å². The molecule has 8 nitrogen and oxygen atoms in total. The minimum absolute atomic E-state index is 0.132. The first-order valence-corrected chi connectivity index (χ1v) is 14.5. The Kier molecular flexibility index (Phi) is 8.74. The van der Waals surface area contributed by atoms with E-state index in [1.807, 2.05) is 0 Å². The van der Waals surface area contributed by atoms with Gasteiger partial charge >= 0.3 is 0 Å². The van der Waals surface area contributed by atoms with Crippen LogP contribution in [0, 0.1) is 0 Å². The van der Waals surface area contributed by atoms with Crippen molar-refractivity contribution in [1.29, 1.82) is 0 Å². The van der Waals surface area contributed by atoms with Gasteiger partial charge in [-0.2, -0.15) is 9.97 Å². The summed E-state index contributed by atoms with van der Waals surface area (Å²) in [5, 5.41) is 13.5. The number of hydrogen-bond donors (Lipinski definition) is 4. The summed E-state index contributed by atoms with van der Waals surface area (Å²) in [4.78, 5) is 19.6. The Morgan fingerprint density at radius 3 is 1.20 bits per heavy atom. The number of benzene rings is 2.